The summed E-state index contributed by atoms with van der Waals surface area (Å²) >= 11 is 0. The highest BCUT2D eigenvalue weighted by atomic mass is 16.4. The van der Waals surface area contributed by atoms with Gasteiger partial charge in [-0.1, -0.05) is 6.92 Å². The normalized spacial score (nSPS) is 26.3. The van der Waals surface area contributed by atoms with Crippen molar-refractivity contribution >= 4 is 5.97 Å². The molecule has 4 nitrogen and oxygen atoms in total. The molecule has 94 valence electrons. The van der Waals surface area contributed by atoms with Crippen LogP contribution in [0.1, 0.15) is 33.1 Å². The molecule has 0 aromatic rings. The van der Waals surface area contributed by atoms with Crippen LogP contribution < -0.4 is 5.32 Å². The van der Waals surface area contributed by atoms with E-state index in [0.29, 0.717) is 12.3 Å². The fourth-order valence-electron chi connectivity index (χ4n) is 2.16. The van der Waals surface area contributed by atoms with Crippen LogP contribution in [0.5, 0.6) is 0 Å². The molecular formula is C12H24N2O2. The van der Waals surface area contributed by atoms with Gasteiger partial charge in [-0.3, -0.25) is 4.79 Å². The summed E-state index contributed by atoms with van der Waals surface area (Å²) in [5, 5.41) is 12.4. The second-order valence-electron chi connectivity index (χ2n) is 5.14. The predicted octanol–water partition coefficient (Wildman–Crippen LogP) is 1.17. The molecule has 0 spiro atoms. The first-order valence-corrected chi connectivity index (χ1v) is 6.15. The molecule has 2 N–H and O–H groups in total. The number of hydrogen-bond acceptors (Lipinski definition) is 3. The van der Waals surface area contributed by atoms with Crippen molar-refractivity contribution in [2.24, 2.45) is 5.92 Å². The van der Waals surface area contributed by atoms with Crippen LogP contribution in [0.3, 0.4) is 0 Å². The van der Waals surface area contributed by atoms with Gasteiger partial charge in [0, 0.05) is 13.1 Å². The molecule has 1 saturated heterocycles. The second-order valence-corrected chi connectivity index (χ2v) is 5.14. The van der Waals surface area contributed by atoms with Gasteiger partial charge in [-0.2, -0.15) is 0 Å². The van der Waals surface area contributed by atoms with Crippen molar-refractivity contribution in [1.82, 2.24) is 10.2 Å². The van der Waals surface area contributed by atoms with E-state index in [1.165, 1.54) is 19.4 Å². The number of rotatable bonds is 5. The molecule has 1 heterocycles. The zero-order valence-corrected chi connectivity index (χ0v) is 10.6. The summed E-state index contributed by atoms with van der Waals surface area (Å²) in [5.74, 6) is -0.164. The standard InChI is InChI=1S/C12H24N2O2/c1-4-12(2,11(15)16)13-8-10-6-5-7-14(3)9-10/h10,13H,4-9H2,1-3H3,(H,15,16). The number of likely N-dealkylation sites (tertiary alicyclic amines) is 1. The molecule has 1 aliphatic rings. The van der Waals surface area contributed by atoms with Crippen molar-refractivity contribution in [2.45, 2.75) is 38.6 Å². The molecule has 1 rings (SSSR count). The number of hydrogen-bond donors (Lipinski definition) is 2. The maximum Gasteiger partial charge on any atom is 0.323 e. The van der Waals surface area contributed by atoms with Crippen LogP contribution in [0.2, 0.25) is 0 Å². The molecule has 0 saturated carbocycles. The van der Waals surface area contributed by atoms with Gasteiger partial charge >= 0.3 is 5.97 Å². The molecule has 16 heavy (non-hydrogen) atoms. The highest BCUT2D eigenvalue weighted by molar-refractivity contribution is 5.78. The van der Waals surface area contributed by atoms with E-state index in [9.17, 15) is 4.79 Å². The monoisotopic (exact) mass is 228 g/mol. The third-order valence-electron chi connectivity index (χ3n) is 3.68. The summed E-state index contributed by atoms with van der Waals surface area (Å²) < 4.78 is 0. The Morgan fingerprint density at radius 2 is 2.31 bits per heavy atom. The summed E-state index contributed by atoms with van der Waals surface area (Å²) in [7, 11) is 2.13. The first-order chi connectivity index (χ1) is 7.48. The van der Waals surface area contributed by atoms with Gasteiger partial charge in [0.15, 0.2) is 0 Å². The summed E-state index contributed by atoms with van der Waals surface area (Å²) in [6, 6.07) is 0. The first-order valence-electron chi connectivity index (χ1n) is 6.15. The second kappa shape index (κ2) is 5.64. The average Bonchev–Trinajstić information content (AvgIpc) is 2.26. The van der Waals surface area contributed by atoms with Crippen molar-refractivity contribution in [3.63, 3.8) is 0 Å². The lowest BCUT2D eigenvalue weighted by molar-refractivity contribution is -0.144. The van der Waals surface area contributed by atoms with Gasteiger partial charge < -0.3 is 15.3 Å². The number of carboxylic acids is 1. The average molecular weight is 228 g/mol. The Morgan fingerprint density at radius 1 is 1.62 bits per heavy atom. The van der Waals surface area contributed by atoms with Gasteiger partial charge in [0.1, 0.15) is 5.54 Å². The highest BCUT2D eigenvalue weighted by Crippen LogP contribution is 2.16. The molecule has 0 amide bonds. The Morgan fingerprint density at radius 3 is 2.81 bits per heavy atom. The van der Waals surface area contributed by atoms with E-state index in [-0.39, 0.29) is 0 Å². The van der Waals surface area contributed by atoms with Crippen LogP contribution in [0.15, 0.2) is 0 Å². The molecule has 0 radical (unpaired) electrons. The molecule has 2 atom stereocenters. The van der Waals surface area contributed by atoms with Gasteiger partial charge in [-0.05, 0) is 45.7 Å². The number of nitrogens with zero attached hydrogens (tertiary/aromatic N) is 1. The summed E-state index contributed by atoms with van der Waals surface area (Å²) in [6.45, 7) is 6.73. The van der Waals surface area contributed by atoms with E-state index in [1.54, 1.807) is 6.92 Å². The van der Waals surface area contributed by atoms with Gasteiger partial charge in [0.2, 0.25) is 0 Å². The molecule has 2 unspecified atom stereocenters. The van der Waals surface area contributed by atoms with Crippen LogP contribution >= 0.6 is 0 Å². The minimum absolute atomic E-state index is 0.587. The van der Waals surface area contributed by atoms with Crippen molar-refractivity contribution in [3.05, 3.63) is 0 Å². The Labute approximate surface area is 98.0 Å². The minimum Gasteiger partial charge on any atom is -0.480 e. The Balaban J connectivity index is 2.40. The summed E-state index contributed by atoms with van der Waals surface area (Å²) in [6.07, 6.45) is 3.04. The number of carboxylic acid groups (broad SMARTS) is 1. The lowest BCUT2D eigenvalue weighted by Gasteiger charge is -2.33. The molecule has 0 aromatic carbocycles. The minimum atomic E-state index is -0.768. The van der Waals surface area contributed by atoms with Crippen molar-refractivity contribution in [1.29, 1.82) is 0 Å². The topological polar surface area (TPSA) is 52.6 Å². The largest absolute Gasteiger partial charge is 0.480 e. The van der Waals surface area contributed by atoms with Gasteiger partial charge in [-0.25, -0.2) is 0 Å². The Bertz CT molecular complexity index is 245. The number of aliphatic carboxylic acids is 1. The molecule has 0 bridgehead atoms. The van der Waals surface area contributed by atoms with Gasteiger partial charge in [0.05, 0.1) is 0 Å². The molecular weight excluding hydrogens is 204 g/mol. The maximum absolute atomic E-state index is 11.1. The van der Waals surface area contributed by atoms with E-state index in [4.69, 9.17) is 5.11 Å². The van der Waals surface area contributed by atoms with Crippen LogP contribution in [-0.2, 0) is 4.79 Å². The van der Waals surface area contributed by atoms with Crippen molar-refractivity contribution in [3.8, 4) is 0 Å². The lowest BCUT2D eigenvalue weighted by atomic mass is 9.94. The highest BCUT2D eigenvalue weighted by Gasteiger charge is 2.31. The molecule has 1 fully saturated rings. The maximum atomic E-state index is 11.1. The fraction of sp³-hybridized carbons (Fsp3) is 0.917. The van der Waals surface area contributed by atoms with Crippen molar-refractivity contribution < 1.29 is 9.90 Å². The van der Waals surface area contributed by atoms with Crippen LogP contribution in [0.4, 0.5) is 0 Å². The fourth-order valence-corrected chi connectivity index (χ4v) is 2.16. The SMILES string of the molecule is CCC(C)(NCC1CCCN(C)C1)C(=O)O. The van der Waals surface area contributed by atoms with E-state index < -0.39 is 11.5 Å². The summed E-state index contributed by atoms with van der Waals surface area (Å²) in [5.41, 5.74) is -0.768. The first kappa shape index (κ1) is 13.5. The number of nitrogens with one attached hydrogen (secondary N) is 1. The zero-order chi connectivity index (χ0) is 12.2. The molecule has 4 heteroatoms. The van der Waals surface area contributed by atoms with Crippen LogP contribution in [0.25, 0.3) is 0 Å². The van der Waals surface area contributed by atoms with E-state index in [2.05, 4.69) is 17.3 Å². The number of piperidine rings is 1. The zero-order valence-electron chi connectivity index (χ0n) is 10.6. The Hall–Kier alpha value is -0.610. The lowest BCUT2D eigenvalue weighted by Crippen LogP contribution is -2.52. The molecule has 1 aliphatic heterocycles. The third-order valence-corrected chi connectivity index (χ3v) is 3.68. The molecule has 0 aromatic heterocycles. The van der Waals surface area contributed by atoms with E-state index >= 15 is 0 Å². The quantitative estimate of drug-likeness (QED) is 0.741. The van der Waals surface area contributed by atoms with Crippen molar-refractivity contribution in [2.75, 3.05) is 26.7 Å². The van der Waals surface area contributed by atoms with E-state index in [1.807, 2.05) is 6.92 Å². The predicted molar refractivity (Wildman–Crippen MR) is 64.6 cm³/mol. The van der Waals surface area contributed by atoms with Gasteiger partial charge in [-0.15, -0.1) is 0 Å². The number of carbonyl (C=O) groups is 1. The molecule has 0 aliphatic carbocycles. The smallest absolute Gasteiger partial charge is 0.323 e. The van der Waals surface area contributed by atoms with Crippen LogP contribution in [-0.4, -0.2) is 48.2 Å². The third kappa shape index (κ3) is 3.46. The van der Waals surface area contributed by atoms with Gasteiger partial charge in [0.25, 0.3) is 0 Å². The van der Waals surface area contributed by atoms with E-state index in [0.717, 1.165) is 13.1 Å². The Kier molecular flexibility index (Phi) is 4.74. The van der Waals surface area contributed by atoms with Crippen LogP contribution in [0, 0.1) is 5.92 Å². The summed E-state index contributed by atoms with van der Waals surface area (Å²) in [4.78, 5) is 13.4.